The van der Waals surface area contributed by atoms with Crippen molar-refractivity contribution in [3.63, 3.8) is 0 Å². The maximum Gasteiger partial charge on any atom is 0.220 e. The number of piperidine rings is 1. The van der Waals surface area contributed by atoms with Gasteiger partial charge in [0, 0.05) is 40.2 Å². The van der Waals surface area contributed by atoms with Crippen molar-refractivity contribution in [2.24, 2.45) is 28.7 Å². The minimum absolute atomic E-state index is 0.168. The third-order valence-corrected chi connectivity index (χ3v) is 6.56. The summed E-state index contributed by atoms with van der Waals surface area (Å²) in [5, 5.41) is 6.32. The van der Waals surface area contributed by atoms with Crippen molar-refractivity contribution < 1.29 is 4.79 Å². The van der Waals surface area contributed by atoms with Gasteiger partial charge >= 0.3 is 0 Å². The average molecular weight is 335 g/mol. The molecular weight excluding hydrogens is 300 g/mol. The number of likely N-dealkylation sites (tertiary alicyclic amines) is 1. The second-order valence-electron chi connectivity index (χ2n) is 8.01. The normalized spacial score (nSPS) is 30.7. The summed E-state index contributed by atoms with van der Waals surface area (Å²) in [7, 11) is 3.61. The van der Waals surface area contributed by atoms with Crippen LogP contribution in [0.4, 0.5) is 0 Å². The molecular formula is C19H34N4O. The molecule has 0 aromatic carbocycles. The van der Waals surface area contributed by atoms with Crippen LogP contribution in [-0.2, 0) is 4.79 Å². The SMILES string of the molecule is CN=C(NCCC1CC2CCC1C2)N1CCC(CC(=O)NC)CC1. The van der Waals surface area contributed by atoms with Crippen LogP contribution < -0.4 is 10.6 Å². The predicted molar refractivity (Wildman–Crippen MR) is 97.9 cm³/mol. The Labute approximate surface area is 146 Å². The first-order valence-corrected chi connectivity index (χ1v) is 9.85. The van der Waals surface area contributed by atoms with Gasteiger partial charge in [-0.05, 0) is 62.2 Å². The molecule has 3 unspecified atom stereocenters. The Morgan fingerprint density at radius 2 is 1.96 bits per heavy atom. The highest BCUT2D eigenvalue weighted by Crippen LogP contribution is 2.49. The summed E-state index contributed by atoms with van der Waals surface area (Å²) in [5.74, 6) is 4.75. The van der Waals surface area contributed by atoms with Gasteiger partial charge in [0.05, 0.1) is 0 Å². The molecule has 2 saturated carbocycles. The Bertz CT molecular complexity index is 456. The summed E-state index contributed by atoms with van der Waals surface area (Å²) in [4.78, 5) is 18.4. The molecule has 0 spiro atoms. The maximum absolute atomic E-state index is 11.5. The molecule has 5 heteroatoms. The number of aliphatic imine (C=N–C) groups is 1. The van der Waals surface area contributed by atoms with Gasteiger partial charge in [0.15, 0.2) is 5.96 Å². The second-order valence-corrected chi connectivity index (χ2v) is 8.01. The molecule has 1 aliphatic heterocycles. The van der Waals surface area contributed by atoms with Gasteiger partial charge in [-0.3, -0.25) is 9.79 Å². The number of fused-ring (bicyclic) bond motifs is 2. The summed E-state index contributed by atoms with van der Waals surface area (Å²) < 4.78 is 0. The molecule has 136 valence electrons. The number of nitrogens with one attached hydrogen (secondary N) is 2. The van der Waals surface area contributed by atoms with E-state index in [1.807, 2.05) is 7.05 Å². The Morgan fingerprint density at radius 3 is 2.54 bits per heavy atom. The molecule has 1 saturated heterocycles. The minimum Gasteiger partial charge on any atom is -0.359 e. The molecule has 5 nitrogen and oxygen atoms in total. The molecule has 3 atom stereocenters. The standard InChI is InChI=1S/C19H34N4O/c1-20-18(24)13-14-6-9-23(10-7-14)19(21-2)22-8-5-17-12-15-3-4-16(17)11-15/h14-17H,3-13H2,1-2H3,(H,20,24)(H,21,22). The van der Waals surface area contributed by atoms with Crippen molar-refractivity contribution in [1.82, 2.24) is 15.5 Å². The first-order valence-electron chi connectivity index (χ1n) is 9.85. The minimum atomic E-state index is 0.168. The van der Waals surface area contributed by atoms with E-state index in [0.29, 0.717) is 12.3 Å². The number of carbonyl (C=O) groups excluding carboxylic acids is 1. The summed E-state index contributed by atoms with van der Waals surface area (Å²) in [6, 6.07) is 0. The molecule has 2 aliphatic carbocycles. The lowest BCUT2D eigenvalue weighted by Gasteiger charge is -2.34. The van der Waals surface area contributed by atoms with Crippen LogP contribution >= 0.6 is 0 Å². The Kier molecular flexibility index (Phi) is 6.01. The van der Waals surface area contributed by atoms with E-state index in [2.05, 4.69) is 20.5 Å². The lowest BCUT2D eigenvalue weighted by molar-refractivity contribution is -0.121. The third kappa shape index (κ3) is 4.22. The van der Waals surface area contributed by atoms with Crippen molar-refractivity contribution >= 4 is 11.9 Å². The monoisotopic (exact) mass is 334 g/mol. The number of carbonyl (C=O) groups is 1. The smallest absolute Gasteiger partial charge is 0.220 e. The number of guanidine groups is 1. The van der Waals surface area contributed by atoms with Crippen LogP contribution in [0.3, 0.4) is 0 Å². The molecule has 3 aliphatic rings. The van der Waals surface area contributed by atoms with Gasteiger partial charge < -0.3 is 15.5 Å². The van der Waals surface area contributed by atoms with Crippen LogP contribution in [0.25, 0.3) is 0 Å². The Morgan fingerprint density at radius 1 is 1.17 bits per heavy atom. The van der Waals surface area contributed by atoms with Crippen molar-refractivity contribution in [3.8, 4) is 0 Å². The third-order valence-electron chi connectivity index (χ3n) is 6.56. The largest absolute Gasteiger partial charge is 0.359 e. The molecule has 2 N–H and O–H groups in total. The zero-order valence-electron chi connectivity index (χ0n) is 15.4. The maximum atomic E-state index is 11.5. The van der Waals surface area contributed by atoms with Crippen molar-refractivity contribution in [3.05, 3.63) is 0 Å². The van der Waals surface area contributed by atoms with E-state index in [0.717, 1.165) is 56.2 Å². The predicted octanol–water partition coefficient (Wildman–Crippen LogP) is 2.24. The van der Waals surface area contributed by atoms with Crippen molar-refractivity contribution in [2.75, 3.05) is 33.7 Å². The number of rotatable bonds is 5. The lowest BCUT2D eigenvalue weighted by atomic mass is 9.86. The van der Waals surface area contributed by atoms with E-state index in [1.54, 1.807) is 7.05 Å². The highest BCUT2D eigenvalue weighted by atomic mass is 16.1. The molecule has 3 rings (SSSR count). The molecule has 3 fully saturated rings. The molecule has 24 heavy (non-hydrogen) atoms. The van der Waals surface area contributed by atoms with Crippen molar-refractivity contribution in [1.29, 1.82) is 0 Å². The fourth-order valence-corrected chi connectivity index (χ4v) is 5.14. The molecule has 1 amide bonds. The Balaban J connectivity index is 1.37. The highest BCUT2D eigenvalue weighted by molar-refractivity contribution is 5.80. The summed E-state index contributed by atoms with van der Waals surface area (Å²) in [5.41, 5.74) is 0. The quantitative estimate of drug-likeness (QED) is 0.599. The zero-order chi connectivity index (χ0) is 16.9. The van der Waals surface area contributed by atoms with Crippen molar-refractivity contribution in [2.45, 2.75) is 51.4 Å². The highest BCUT2D eigenvalue weighted by Gasteiger charge is 2.38. The molecule has 2 bridgehead atoms. The Hall–Kier alpha value is -1.26. The van der Waals surface area contributed by atoms with E-state index in [-0.39, 0.29) is 5.91 Å². The van der Waals surface area contributed by atoms with Crippen LogP contribution in [-0.4, -0.2) is 50.5 Å². The molecule has 1 heterocycles. The van der Waals surface area contributed by atoms with Gasteiger partial charge in [-0.1, -0.05) is 6.42 Å². The fourth-order valence-electron chi connectivity index (χ4n) is 5.14. The van der Waals surface area contributed by atoms with E-state index in [1.165, 1.54) is 32.1 Å². The summed E-state index contributed by atoms with van der Waals surface area (Å²) in [6.45, 7) is 3.07. The number of nitrogens with zero attached hydrogens (tertiary/aromatic N) is 2. The average Bonchev–Trinajstić information content (AvgIpc) is 3.22. The zero-order valence-corrected chi connectivity index (χ0v) is 15.4. The van der Waals surface area contributed by atoms with E-state index in [9.17, 15) is 4.79 Å². The summed E-state index contributed by atoms with van der Waals surface area (Å²) in [6.07, 6.45) is 10.1. The lowest BCUT2D eigenvalue weighted by Crippen LogP contribution is -2.46. The van der Waals surface area contributed by atoms with Gasteiger partial charge in [0.1, 0.15) is 0 Å². The fraction of sp³-hybridized carbons (Fsp3) is 0.895. The van der Waals surface area contributed by atoms with Gasteiger partial charge in [-0.2, -0.15) is 0 Å². The van der Waals surface area contributed by atoms with Crippen LogP contribution in [0.15, 0.2) is 4.99 Å². The van der Waals surface area contributed by atoms with E-state index in [4.69, 9.17) is 0 Å². The number of amides is 1. The van der Waals surface area contributed by atoms with Gasteiger partial charge in [0.2, 0.25) is 5.91 Å². The summed E-state index contributed by atoms with van der Waals surface area (Å²) >= 11 is 0. The van der Waals surface area contributed by atoms with E-state index >= 15 is 0 Å². The second kappa shape index (κ2) is 8.21. The van der Waals surface area contributed by atoms with Crippen LogP contribution in [0.1, 0.15) is 51.4 Å². The first-order chi connectivity index (χ1) is 11.7. The van der Waals surface area contributed by atoms with Crippen LogP contribution in [0.2, 0.25) is 0 Å². The van der Waals surface area contributed by atoms with Crippen LogP contribution in [0, 0.1) is 23.7 Å². The number of hydrogen-bond donors (Lipinski definition) is 2. The van der Waals surface area contributed by atoms with Gasteiger partial charge in [0.25, 0.3) is 0 Å². The molecule has 0 aromatic heterocycles. The van der Waals surface area contributed by atoms with Gasteiger partial charge in [-0.15, -0.1) is 0 Å². The van der Waals surface area contributed by atoms with Crippen LogP contribution in [0.5, 0.6) is 0 Å². The first kappa shape index (κ1) is 17.6. The topological polar surface area (TPSA) is 56.7 Å². The molecule has 0 radical (unpaired) electrons. The molecule has 0 aromatic rings. The number of hydrogen-bond acceptors (Lipinski definition) is 2. The van der Waals surface area contributed by atoms with Gasteiger partial charge in [-0.25, -0.2) is 0 Å². The van der Waals surface area contributed by atoms with E-state index < -0.39 is 0 Å².